The van der Waals surface area contributed by atoms with Crippen LogP contribution in [0.4, 0.5) is 17.6 Å². The molecule has 0 aliphatic rings. The van der Waals surface area contributed by atoms with E-state index in [-0.39, 0.29) is 10.2 Å². The van der Waals surface area contributed by atoms with Crippen LogP contribution in [0.2, 0.25) is 10.2 Å². The fraction of sp³-hybridized carbons (Fsp3) is 0.375. The van der Waals surface area contributed by atoms with Crippen molar-refractivity contribution in [3.8, 4) is 0 Å². The molecular weight excluding hydrogens is 335 g/mol. The van der Waals surface area contributed by atoms with Gasteiger partial charge in [-0.2, -0.15) is 8.78 Å². The molecule has 1 heterocycles. The zero-order valence-corrected chi connectivity index (χ0v) is 11.2. The molecule has 0 aliphatic heterocycles. The molecule has 0 aromatic carbocycles. The van der Waals surface area contributed by atoms with Crippen LogP contribution < -0.4 is 4.72 Å². The van der Waals surface area contributed by atoms with Gasteiger partial charge in [-0.1, -0.05) is 23.2 Å². The molecule has 0 aliphatic carbocycles. The van der Waals surface area contributed by atoms with E-state index in [0.717, 1.165) is 12.3 Å². The number of nitrogens with one attached hydrogen (secondary N) is 1. The van der Waals surface area contributed by atoms with Gasteiger partial charge in [0.1, 0.15) is 10.0 Å². The third-order valence-corrected chi connectivity index (χ3v) is 3.95. The average molecular weight is 341 g/mol. The number of hydrogen-bond donors (Lipinski definition) is 1. The van der Waals surface area contributed by atoms with Crippen molar-refractivity contribution >= 4 is 33.2 Å². The Labute approximate surface area is 115 Å². The van der Waals surface area contributed by atoms with E-state index in [1.54, 1.807) is 0 Å². The number of nitrogens with zero attached hydrogens (tertiary/aromatic N) is 1. The minimum atomic E-state index is -4.48. The number of halogens is 6. The third kappa shape index (κ3) is 4.16. The van der Waals surface area contributed by atoms with Crippen molar-refractivity contribution in [2.24, 2.45) is 0 Å². The van der Waals surface area contributed by atoms with Crippen molar-refractivity contribution in [1.29, 1.82) is 0 Å². The maximum absolute atomic E-state index is 12.6. The first-order valence-electron chi connectivity index (χ1n) is 4.53. The van der Waals surface area contributed by atoms with Crippen LogP contribution in [0.1, 0.15) is 0 Å². The molecule has 0 radical (unpaired) electrons. The van der Waals surface area contributed by atoms with E-state index in [1.807, 2.05) is 0 Å². The maximum Gasteiger partial charge on any atom is 0.320 e. The first-order valence-corrected chi connectivity index (χ1v) is 6.77. The van der Waals surface area contributed by atoms with Crippen LogP contribution in [0.15, 0.2) is 17.2 Å². The van der Waals surface area contributed by atoms with Crippen molar-refractivity contribution in [2.75, 3.05) is 6.54 Å². The maximum atomic E-state index is 12.6. The molecule has 4 nitrogen and oxygen atoms in total. The largest absolute Gasteiger partial charge is 0.320 e. The highest BCUT2D eigenvalue weighted by Gasteiger charge is 2.41. The van der Waals surface area contributed by atoms with E-state index in [0.29, 0.717) is 0 Å². The highest BCUT2D eigenvalue weighted by atomic mass is 35.5. The van der Waals surface area contributed by atoms with Gasteiger partial charge in [-0.25, -0.2) is 26.9 Å². The molecular formula is C8H6Cl2F4N2O2S. The van der Waals surface area contributed by atoms with Crippen LogP contribution in [0.5, 0.6) is 0 Å². The SMILES string of the molecule is O=S(=O)(NCC(F)(F)C(F)F)c1cnc(Cl)c(Cl)c1. The molecule has 0 amide bonds. The molecule has 0 spiro atoms. The predicted octanol–water partition coefficient (Wildman–Crippen LogP) is 2.57. The molecule has 1 N–H and O–H groups in total. The van der Waals surface area contributed by atoms with Crippen molar-refractivity contribution in [3.05, 3.63) is 22.4 Å². The lowest BCUT2D eigenvalue weighted by molar-refractivity contribution is -0.122. The summed E-state index contributed by atoms with van der Waals surface area (Å²) in [5.74, 6) is -4.48. The third-order valence-electron chi connectivity index (χ3n) is 1.90. The smallest absolute Gasteiger partial charge is 0.242 e. The van der Waals surface area contributed by atoms with E-state index < -0.39 is 33.8 Å². The highest BCUT2D eigenvalue weighted by Crippen LogP contribution is 2.24. The zero-order valence-electron chi connectivity index (χ0n) is 8.88. The summed E-state index contributed by atoms with van der Waals surface area (Å²) in [7, 11) is -4.44. The number of aromatic nitrogens is 1. The molecule has 0 saturated carbocycles. The van der Waals surface area contributed by atoms with Gasteiger partial charge in [-0.3, -0.25) is 0 Å². The van der Waals surface area contributed by atoms with Crippen LogP contribution in [0, 0.1) is 0 Å². The molecule has 1 aromatic heterocycles. The van der Waals surface area contributed by atoms with Gasteiger partial charge in [-0.05, 0) is 6.07 Å². The van der Waals surface area contributed by atoms with Crippen molar-refractivity contribution in [3.63, 3.8) is 0 Å². The van der Waals surface area contributed by atoms with Gasteiger partial charge in [-0.15, -0.1) is 0 Å². The Morgan fingerprint density at radius 2 is 1.95 bits per heavy atom. The first kappa shape index (κ1) is 16.4. The number of rotatable bonds is 5. The summed E-state index contributed by atoms with van der Waals surface area (Å²) < 4.78 is 73.3. The van der Waals surface area contributed by atoms with Crippen molar-refractivity contribution < 1.29 is 26.0 Å². The lowest BCUT2D eigenvalue weighted by atomic mass is 10.4. The fourth-order valence-electron chi connectivity index (χ4n) is 0.902. The summed E-state index contributed by atoms with van der Waals surface area (Å²) in [5.41, 5.74) is 0. The summed E-state index contributed by atoms with van der Waals surface area (Å²) in [4.78, 5) is 2.84. The normalized spacial score (nSPS) is 13.0. The van der Waals surface area contributed by atoms with Crippen LogP contribution in [0.3, 0.4) is 0 Å². The van der Waals surface area contributed by atoms with Gasteiger partial charge in [0.05, 0.1) is 11.6 Å². The van der Waals surface area contributed by atoms with Gasteiger partial charge in [0.25, 0.3) is 0 Å². The second-order valence-corrected chi connectivity index (χ2v) is 5.86. The Bertz CT molecular complexity index is 568. The van der Waals surface area contributed by atoms with Crippen LogP contribution in [-0.2, 0) is 10.0 Å². The Balaban J connectivity index is 2.90. The Morgan fingerprint density at radius 3 is 2.42 bits per heavy atom. The number of pyridine rings is 1. The lowest BCUT2D eigenvalue weighted by Gasteiger charge is -2.15. The second kappa shape index (κ2) is 5.78. The topological polar surface area (TPSA) is 59.1 Å². The molecule has 0 atom stereocenters. The van der Waals surface area contributed by atoms with Gasteiger partial charge in [0.15, 0.2) is 0 Å². The second-order valence-electron chi connectivity index (χ2n) is 3.33. The van der Waals surface area contributed by atoms with Crippen molar-refractivity contribution in [2.45, 2.75) is 17.2 Å². The summed E-state index contributed by atoms with van der Waals surface area (Å²) >= 11 is 11.0. The zero-order chi connectivity index (χ0) is 14.8. The van der Waals surface area contributed by atoms with Crippen LogP contribution in [0.25, 0.3) is 0 Å². The Hall–Kier alpha value is -0.640. The monoisotopic (exact) mass is 340 g/mol. The van der Waals surface area contributed by atoms with E-state index in [2.05, 4.69) is 4.98 Å². The average Bonchev–Trinajstić information content (AvgIpc) is 2.30. The minimum absolute atomic E-state index is 0.182. The molecule has 0 bridgehead atoms. The number of sulfonamides is 1. The van der Waals surface area contributed by atoms with Crippen LogP contribution >= 0.6 is 23.2 Å². The lowest BCUT2D eigenvalue weighted by Crippen LogP contribution is -2.41. The summed E-state index contributed by atoms with van der Waals surface area (Å²) in [5, 5.41) is -0.399. The minimum Gasteiger partial charge on any atom is -0.242 e. The summed E-state index contributed by atoms with van der Waals surface area (Å²) in [6, 6.07) is 0.861. The Kier molecular flexibility index (Phi) is 4.99. The number of alkyl halides is 4. The molecule has 1 rings (SSSR count). The molecule has 19 heavy (non-hydrogen) atoms. The summed E-state index contributed by atoms with van der Waals surface area (Å²) in [6.45, 7) is -1.74. The van der Waals surface area contributed by atoms with E-state index in [1.165, 1.54) is 4.72 Å². The fourth-order valence-corrected chi connectivity index (χ4v) is 2.25. The van der Waals surface area contributed by atoms with Gasteiger partial charge in [0.2, 0.25) is 10.0 Å². The van der Waals surface area contributed by atoms with Gasteiger partial charge in [0, 0.05) is 6.20 Å². The van der Waals surface area contributed by atoms with Gasteiger partial charge < -0.3 is 0 Å². The van der Waals surface area contributed by atoms with E-state index in [9.17, 15) is 26.0 Å². The predicted molar refractivity (Wildman–Crippen MR) is 60.4 cm³/mol. The van der Waals surface area contributed by atoms with Crippen LogP contribution in [-0.4, -0.2) is 32.3 Å². The molecule has 108 valence electrons. The van der Waals surface area contributed by atoms with E-state index in [4.69, 9.17) is 23.2 Å². The standard InChI is InChI=1S/C8H6Cl2F4N2O2S/c9-5-1-4(2-15-6(5)10)19(17,18)16-3-8(13,14)7(11)12/h1-2,7,16H,3H2. The Morgan fingerprint density at radius 1 is 1.37 bits per heavy atom. The molecule has 0 fully saturated rings. The van der Waals surface area contributed by atoms with Gasteiger partial charge >= 0.3 is 12.3 Å². The van der Waals surface area contributed by atoms with E-state index >= 15 is 0 Å². The molecule has 1 aromatic rings. The quantitative estimate of drug-likeness (QED) is 0.662. The molecule has 0 unspecified atom stereocenters. The number of hydrogen-bond acceptors (Lipinski definition) is 3. The highest BCUT2D eigenvalue weighted by molar-refractivity contribution is 7.89. The molecule has 0 saturated heterocycles. The van der Waals surface area contributed by atoms with Crippen molar-refractivity contribution in [1.82, 2.24) is 9.71 Å². The molecule has 11 heteroatoms. The first-order chi connectivity index (χ1) is 8.56. The summed E-state index contributed by atoms with van der Waals surface area (Å²) in [6.07, 6.45) is -3.22.